The SMILES string of the molecule is Cc1ccc(S(=O)(=O)Oc2ccc(/C=C(\C#N)C(=O)Nc3cc([N+](=O)[O-])ccc3C)cc2Br)cc1. The average Bonchev–Trinajstić information content (AvgIpc) is 2.80. The van der Waals surface area contributed by atoms with E-state index in [0.29, 0.717) is 11.1 Å². The molecule has 0 atom stereocenters. The van der Waals surface area contributed by atoms with Gasteiger partial charge in [0, 0.05) is 12.1 Å². The van der Waals surface area contributed by atoms with Crippen LogP contribution in [0.25, 0.3) is 6.08 Å². The second kappa shape index (κ2) is 10.5. The Morgan fingerprint density at radius 1 is 1.11 bits per heavy atom. The topological polar surface area (TPSA) is 139 Å². The largest absolute Gasteiger partial charge is 0.378 e. The average molecular weight is 556 g/mol. The van der Waals surface area contributed by atoms with Gasteiger partial charge >= 0.3 is 10.1 Å². The van der Waals surface area contributed by atoms with Crippen LogP contribution in [0.15, 0.2) is 75.6 Å². The van der Waals surface area contributed by atoms with Crippen molar-refractivity contribution in [2.75, 3.05) is 5.32 Å². The van der Waals surface area contributed by atoms with Gasteiger partial charge in [-0.25, -0.2) is 0 Å². The van der Waals surface area contributed by atoms with Crippen LogP contribution in [-0.4, -0.2) is 19.2 Å². The fourth-order valence-electron chi connectivity index (χ4n) is 2.91. The summed E-state index contributed by atoms with van der Waals surface area (Å²) in [5.41, 5.74) is 1.65. The van der Waals surface area contributed by atoms with Crippen LogP contribution in [0.4, 0.5) is 11.4 Å². The van der Waals surface area contributed by atoms with Crippen LogP contribution >= 0.6 is 15.9 Å². The molecule has 0 unspecified atom stereocenters. The molecule has 178 valence electrons. The third-order valence-electron chi connectivity index (χ3n) is 4.82. The van der Waals surface area contributed by atoms with Crippen molar-refractivity contribution in [2.45, 2.75) is 18.7 Å². The molecule has 0 spiro atoms. The van der Waals surface area contributed by atoms with E-state index < -0.39 is 20.9 Å². The van der Waals surface area contributed by atoms with Gasteiger partial charge in [0.15, 0.2) is 5.75 Å². The first kappa shape index (κ1) is 25.6. The van der Waals surface area contributed by atoms with E-state index >= 15 is 0 Å². The maximum Gasteiger partial charge on any atom is 0.339 e. The van der Waals surface area contributed by atoms with Crippen LogP contribution < -0.4 is 9.50 Å². The number of nitriles is 1. The van der Waals surface area contributed by atoms with E-state index in [2.05, 4.69) is 21.2 Å². The molecular formula is C24H18BrN3O6S. The highest BCUT2D eigenvalue weighted by Gasteiger charge is 2.19. The van der Waals surface area contributed by atoms with Crippen LogP contribution in [0.1, 0.15) is 16.7 Å². The minimum Gasteiger partial charge on any atom is -0.378 e. The van der Waals surface area contributed by atoms with Gasteiger partial charge in [-0.2, -0.15) is 13.7 Å². The number of halogens is 1. The van der Waals surface area contributed by atoms with Gasteiger partial charge in [0.05, 0.1) is 15.1 Å². The number of nitro groups is 1. The third-order valence-corrected chi connectivity index (χ3v) is 6.69. The summed E-state index contributed by atoms with van der Waals surface area (Å²) < 4.78 is 30.6. The van der Waals surface area contributed by atoms with Crippen molar-refractivity contribution in [1.82, 2.24) is 0 Å². The van der Waals surface area contributed by atoms with Crippen molar-refractivity contribution in [2.24, 2.45) is 0 Å². The van der Waals surface area contributed by atoms with E-state index in [1.165, 1.54) is 54.6 Å². The van der Waals surface area contributed by atoms with E-state index in [4.69, 9.17) is 4.18 Å². The Morgan fingerprint density at radius 2 is 1.80 bits per heavy atom. The number of aryl methyl sites for hydroxylation is 2. The maximum absolute atomic E-state index is 12.6. The molecule has 0 aliphatic rings. The number of amides is 1. The molecule has 0 aliphatic heterocycles. The standard InChI is InChI=1S/C24H18BrN3O6S/c1-15-3-8-20(9-4-15)35(32,33)34-23-10-6-17(12-21(23)25)11-18(14-26)24(29)27-22-13-19(28(30)31)7-5-16(22)2/h3-13H,1-2H3,(H,27,29)/b18-11+. The normalized spacial score (nSPS) is 11.4. The summed E-state index contributed by atoms with van der Waals surface area (Å²) in [6.45, 7) is 3.50. The summed E-state index contributed by atoms with van der Waals surface area (Å²) in [7, 11) is -4.06. The summed E-state index contributed by atoms with van der Waals surface area (Å²) in [6.07, 6.45) is 1.30. The molecule has 3 aromatic rings. The molecule has 1 N–H and O–H groups in total. The Hall–Kier alpha value is -4.01. The van der Waals surface area contributed by atoms with Gasteiger partial charge in [0.2, 0.25) is 0 Å². The second-order valence-corrected chi connectivity index (χ2v) is 9.82. The second-order valence-electron chi connectivity index (χ2n) is 7.42. The van der Waals surface area contributed by atoms with E-state index in [-0.39, 0.29) is 32.1 Å². The first-order chi connectivity index (χ1) is 16.5. The van der Waals surface area contributed by atoms with Crippen LogP contribution in [0.2, 0.25) is 0 Å². The lowest BCUT2D eigenvalue weighted by Gasteiger charge is -2.10. The fraction of sp³-hybridized carbons (Fsp3) is 0.0833. The van der Waals surface area contributed by atoms with E-state index in [1.54, 1.807) is 25.1 Å². The van der Waals surface area contributed by atoms with E-state index in [9.17, 15) is 28.6 Å². The Labute approximate surface area is 210 Å². The molecule has 3 aromatic carbocycles. The summed E-state index contributed by atoms with van der Waals surface area (Å²) in [5, 5.41) is 23.0. The van der Waals surface area contributed by atoms with Crippen LogP contribution in [0, 0.1) is 35.3 Å². The highest BCUT2D eigenvalue weighted by atomic mass is 79.9. The van der Waals surface area contributed by atoms with Crippen LogP contribution in [0.3, 0.4) is 0 Å². The third kappa shape index (κ3) is 6.32. The predicted octanol–water partition coefficient (Wildman–Crippen LogP) is 5.29. The molecule has 1 amide bonds. The highest BCUT2D eigenvalue weighted by molar-refractivity contribution is 9.10. The molecule has 11 heteroatoms. The molecule has 0 radical (unpaired) electrons. The molecule has 35 heavy (non-hydrogen) atoms. The van der Waals surface area contributed by atoms with E-state index in [1.807, 2.05) is 6.92 Å². The number of nitrogens with zero attached hydrogens (tertiary/aromatic N) is 2. The number of anilines is 1. The van der Waals surface area contributed by atoms with Crippen molar-refractivity contribution >= 4 is 49.4 Å². The van der Waals surface area contributed by atoms with Crippen molar-refractivity contribution in [3.8, 4) is 11.8 Å². The molecule has 0 aromatic heterocycles. The Morgan fingerprint density at radius 3 is 2.40 bits per heavy atom. The van der Waals surface area contributed by atoms with Crippen molar-refractivity contribution < 1.29 is 22.3 Å². The molecule has 0 heterocycles. The minimum atomic E-state index is -4.06. The number of carbonyl (C=O) groups is 1. The number of benzene rings is 3. The Balaban J connectivity index is 1.82. The smallest absolute Gasteiger partial charge is 0.339 e. The maximum atomic E-state index is 12.6. The first-order valence-corrected chi connectivity index (χ1v) is 12.2. The number of hydrogen-bond donors (Lipinski definition) is 1. The summed E-state index contributed by atoms with van der Waals surface area (Å²) >= 11 is 3.25. The highest BCUT2D eigenvalue weighted by Crippen LogP contribution is 2.30. The molecular weight excluding hydrogens is 538 g/mol. The Bertz CT molecular complexity index is 1490. The molecule has 0 bridgehead atoms. The molecule has 0 fully saturated rings. The summed E-state index contributed by atoms with van der Waals surface area (Å²) in [6, 6.07) is 16.4. The molecule has 3 rings (SSSR count). The molecule has 0 saturated heterocycles. The van der Waals surface area contributed by atoms with Crippen molar-refractivity contribution in [3.63, 3.8) is 0 Å². The fourth-order valence-corrected chi connectivity index (χ4v) is 4.44. The number of carbonyl (C=O) groups excluding carboxylic acids is 1. The van der Waals surface area contributed by atoms with E-state index in [0.717, 1.165) is 5.56 Å². The number of nitro benzene ring substituents is 1. The van der Waals surface area contributed by atoms with Gasteiger partial charge < -0.3 is 9.50 Å². The monoisotopic (exact) mass is 555 g/mol. The zero-order chi connectivity index (χ0) is 25.8. The summed E-state index contributed by atoms with van der Waals surface area (Å²) in [4.78, 5) is 23.0. The lowest BCUT2D eigenvalue weighted by molar-refractivity contribution is -0.384. The Kier molecular flexibility index (Phi) is 7.68. The number of hydrogen-bond acceptors (Lipinski definition) is 7. The zero-order valence-corrected chi connectivity index (χ0v) is 20.9. The lowest BCUT2D eigenvalue weighted by Crippen LogP contribution is -2.14. The lowest BCUT2D eigenvalue weighted by atomic mass is 10.1. The minimum absolute atomic E-state index is 0.00106. The quantitative estimate of drug-likeness (QED) is 0.137. The van der Waals surface area contributed by atoms with Crippen molar-refractivity contribution in [3.05, 3.63) is 97.5 Å². The van der Waals surface area contributed by atoms with Gasteiger partial charge in [-0.1, -0.05) is 29.8 Å². The van der Waals surface area contributed by atoms with Gasteiger partial charge in [-0.3, -0.25) is 14.9 Å². The molecule has 0 aliphatic carbocycles. The predicted molar refractivity (Wildman–Crippen MR) is 133 cm³/mol. The van der Waals surface area contributed by atoms with Gasteiger partial charge in [-0.05, 0) is 71.2 Å². The van der Waals surface area contributed by atoms with Gasteiger partial charge in [0.1, 0.15) is 16.5 Å². The van der Waals surface area contributed by atoms with Crippen LogP contribution in [0.5, 0.6) is 5.75 Å². The summed E-state index contributed by atoms with van der Waals surface area (Å²) in [5.74, 6) is -0.729. The molecule has 0 saturated carbocycles. The number of nitrogens with one attached hydrogen (secondary N) is 1. The number of non-ortho nitro benzene ring substituents is 1. The van der Waals surface area contributed by atoms with Crippen molar-refractivity contribution in [1.29, 1.82) is 5.26 Å². The zero-order valence-electron chi connectivity index (χ0n) is 18.5. The van der Waals surface area contributed by atoms with Crippen LogP contribution in [-0.2, 0) is 14.9 Å². The van der Waals surface area contributed by atoms with Gasteiger partial charge in [0.25, 0.3) is 11.6 Å². The molecule has 9 nitrogen and oxygen atoms in total. The number of rotatable bonds is 7. The first-order valence-electron chi connectivity index (χ1n) is 9.99. The van der Waals surface area contributed by atoms with Gasteiger partial charge in [-0.15, -0.1) is 0 Å².